The maximum absolute atomic E-state index is 13.1. The number of rotatable bonds is 4. The van der Waals surface area contributed by atoms with Crippen molar-refractivity contribution in [2.24, 2.45) is 0 Å². The Bertz CT molecular complexity index is 729. The van der Waals surface area contributed by atoms with Gasteiger partial charge < -0.3 is 9.84 Å². The van der Waals surface area contributed by atoms with E-state index in [0.29, 0.717) is 5.56 Å². The van der Waals surface area contributed by atoms with Crippen LogP contribution in [0, 0.1) is 22.9 Å². The number of nitro groups is 1. The van der Waals surface area contributed by atoms with Gasteiger partial charge in [0.05, 0.1) is 4.92 Å². The zero-order valence-electron chi connectivity index (χ0n) is 10.9. The van der Waals surface area contributed by atoms with E-state index in [0.717, 1.165) is 18.2 Å². The molecule has 2 aromatic rings. The smallest absolute Gasteiger partial charge is 0.339 e. The van der Waals surface area contributed by atoms with Gasteiger partial charge in [-0.1, -0.05) is 12.1 Å². The summed E-state index contributed by atoms with van der Waals surface area (Å²) in [4.78, 5) is 21.4. The number of ether oxygens (including phenoxy) is 1. The minimum atomic E-state index is -1.39. The number of nitro benzene ring substituents is 1. The first-order valence-corrected chi connectivity index (χ1v) is 5.85. The molecule has 0 aliphatic rings. The predicted octanol–water partition coefficient (Wildman–Crippen LogP) is 3.53. The minimum absolute atomic E-state index is 0.0726. The van der Waals surface area contributed by atoms with Crippen molar-refractivity contribution in [1.29, 1.82) is 0 Å². The Morgan fingerprint density at radius 2 is 2.05 bits per heavy atom. The number of aromatic carboxylic acids is 1. The van der Waals surface area contributed by atoms with Crippen molar-refractivity contribution in [3.63, 3.8) is 0 Å². The average molecular weight is 291 g/mol. The van der Waals surface area contributed by atoms with Gasteiger partial charge in [0.2, 0.25) is 5.75 Å². The van der Waals surface area contributed by atoms with Gasteiger partial charge in [0.1, 0.15) is 17.1 Å². The van der Waals surface area contributed by atoms with E-state index in [-0.39, 0.29) is 17.2 Å². The molecule has 0 saturated heterocycles. The number of aryl methyl sites for hydroxylation is 1. The Kier molecular flexibility index (Phi) is 3.84. The molecule has 0 amide bonds. The maximum Gasteiger partial charge on any atom is 0.339 e. The van der Waals surface area contributed by atoms with Crippen LogP contribution >= 0.6 is 0 Å². The van der Waals surface area contributed by atoms with E-state index in [2.05, 4.69) is 0 Å². The molecular formula is C14H10FNO5. The molecule has 0 spiro atoms. The molecule has 0 fully saturated rings. The van der Waals surface area contributed by atoms with Gasteiger partial charge in [-0.3, -0.25) is 10.1 Å². The maximum atomic E-state index is 13.1. The molecule has 0 atom stereocenters. The number of hydrogen-bond acceptors (Lipinski definition) is 4. The lowest BCUT2D eigenvalue weighted by Crippen LogP contribution is -2.02. The number of carboxylic acids is 1. The molecule has 1 N–H and O–H groups in total. The van der Waals surface area contributed by atoms with Gasteiger partial charge in [0, 0.05) is 6.07 Å². The van der Waals surface area contributed by atoms with Crippen LogP contribution in [0.5, 0.6) is 11.5 Å². The van der Waals surface area contributed by atoms with E-state index >= 15 is 0 Å². The zero-order valence-corrected chi connectivity index (χ0v) is 10.9. The van der Waals surface area contributed by atoms with E-state index in [1.165, 1.54) is 12.1 Å². The average Bonchev–Trinajstić information content (AvgIpc) is 2.42. The Balaban J connectivity index is 2.53. The number of benzene rings is 2. The summed E-state index contributed by atoms with van der Waals surface area (Å²) in [5.41, 5.74) is -0.243. The first kappa shape index (κ1) is 14.4. The molecule has 2 rings (SSSR count). The van der Waals surface area contributed by atoms with Crippen LogP contribution in [0.4, 0.5) is 10.1 Å². The molecule has 6 nitrogen and oxygen atoms in total. The molecule has 2 aromatic carbocycles. The normalized spacial score (nSPS) is 10.2. The number of halogens is 1. The van der Waals surface area contributed by atoms with Gasteiger partial charge in [-0.05, 0) is 30.7 Å². The fourth-order valence-electron chi connectivity index (χ4n) is 1.78. The first-order chi connectivity index (χ1) is 9.90. The second-order valence-electron chi connectivity index (χ2n) is 4.23. The van der Waals surface area contributed by atoms with Gasteiger partial charge in [-0.2, -0.15) is 0 Å². The van der Waals surface area contributed by atoms with E-state index < -0.39 is 22.3 Å². The molecule has 0 heterocycles. The third kappa shape index (κ3) is 2.97. The van der Waals surface area contributed by atoms with Crippen molar-refractivity contribution in [3.05, 3.63) is 63.5 Å². The van der Waals surface area contributed by atoms with E-state index in [1.54, 1.807) is 13.0 Å². The van der Waals surface area contributed by atoms with E-state index in [4.69, 9.17) is 9.84 Å². The van der Waals surface area contributed by atoms with Crippen molar-refractivity contribution in [3.8, 4) is 11.5 Å². The highest BCUT2D eigenvalue weighted by molar-refractivity contribution is 5.91. The topological polar surface area (TPSA) is 89.7 Å². The van der Waals surface area contributed by atoms with Crippen LogP contribution in [0.15, 0.2) is 36.4 Å². The second kappa shape index (κ2) is 5.58. The number of hydrogen-bond donors (Lipinski definition) is 1. The van der Waals surface area contributed by atoms with Crippen molar-refractivity contribution < 1.29 is 24.0 Å². The molecule has 0 radical (unpaired) electrons. The summed E-state index contributed by atoms with van der Waals surface area (Å²) in [6, 6.07) is 7.25. The highest BCUT2D eigenvalue weighted by Crippen LogP contribution is 2.35. The van der Waals surface area contributed by atoms with E-state index in [1.807, 2.05) is 0 Å². The Morgan fingerprint density at radius 3 is 2.67 bits per heavy atom. The molecule has 0 unspecified atom stereocenters. The van der Waals surface area contributed by atoms with Crippen LogP contribution in [0.3, 0.4) is 0 Å². The lowest BCUT2D eigenvalue weighted by molar-refractivity contribution is -0.385. The Morgan fingerprint density at radius 1 is 1.33 bits per heavy atom. The summed E-state index contributed by atoms with van der Waals surface area (Å²) in [7, 11) is 0. The summed E-state index contributed by atoms with van der Waals surface area (Å²) in [6.07, 6.45) is 0. The fourth-order valence-corrected chi connectivity index (χ4v) is 1.78. The van der Waals surface area contributed by atoms with Crippen LogP contribution in [0.25, 0.3) is 0 Å². The van der Waals surface area contributed by atoms with Crippen LogP contribution in [-0.2, 0) is 0 Å². The number of nitrogens with zero attached hydrogens (tertiary/aromatic N) is 1. The molecule has 0 aromatic heterocycles. The Hall–Kier alpha value is -2.96. The largest absolute Gasteiger partial charge is 0.478 e. The van der Waals surface area contributed by atoms with E-state index in [9.17, 15) is 19.3 Å². The van der Waals surface area contributed by atoms with Crippen LogP contribution in [-0.4, -0.2) is 16.0 Å². The lowest BCUT2D eigenvalue weighted by atomic mass is 10.1. The summed E-state index contributed by atoms with van der Waals surface area (Å²) in [5.74, 6) is -2.36. The van der Waals surface area contributed by atoms with Crippen molar-refractivity contribution in [1.82, 2.24) is 0 Å². The molecule has 0 bridgehead atoms. The monoisotopic (exact) mass is 291 g/mol. The van der Waals surface area contributed by atoms with Gasteiger partial charge >= 0.3 is 11.7 Å². The number of para-hydroxylation sites is 1. The van der Waals surface area contributed by atoms with Gasteiger partial charge in [-0.25, -0.2) is 9.18 Å². The van der Waals surface area contributed by atoms with Crippen LogP contribution < -0.4 is 4.74 Å². The van der Waals surface area contributed by atoms with Crippen molar-refractivity contribution in [2.45, 2.75) is 6.92 Å². The quantitative estimate of drug-likeness (QED) is 0.687. The third-order valence-electron chi connectivity index (χ3n) is 2.77. The highest BCUT2D eigenvalue weighted by Gasteiger charge is 2.21. The summed E-state index contributed by atoms with van der Waals surface area (Å²) < 4.78 is 18.5. The number of carboxylic acid groups (broad SMARTS) is 1. The SMILES string of the molecule is Cc1cccc([N+](=O)[O-])c1Oc1ccc(F)cc1C(=O)O. The molecule has 0 aliphatic carbocycles. The molecule has 21 heavy (non-hydrogen) atoms. The minimum Gasteiger partial charge on any atom is -0.478 e. The fraction of sp³-hybridized carbons (Fsp3) is 0.0714. The van der Waals surface area contributed by atoms with Gasteiger partial charge in [-0.15, -0.1) is 0 Å². The molecule has 108 valence electrons. The molecule has 7 heteroatoms. The molecular weight excluding hydrogens is 281 g/mol. The summed E-state index contributed by atoms with van der Waals surface area (Å²) >= 11 is 0. The second-order valence-corrected chi connectivity index (χ2v) is 4.23. The number of carbonyl (C=O) groups is 1. The zero-order chi connectivity index (χ0) is 15.6. The molecule has 0 saturated carbocycles. The predicted molar refractivity (Wildman–Crippen MR) is 71.3 cm³/mol. The standard InChI is InChI=1S/C14H10FNO5/c1-8-3-2-4-11(16(19)20)13(8)21-12-6-5-9(15)7-10(12)14(17)18/h2-7H,1H3,(H,17,18). The third-order valence-corrected chi connectivity index (χ3v) is 2.77. The van der Waals surface area contributed by atoms with Crippen LogP contribution in [0.1, 0.15) is 15.9 Å². The summed E-state index contributed by atoms with van der Waals surface area (Å²) in [6.45, 7) is 1.59. The highest BCUT2D eigenvalue weighted by atomic mass is 19.1. The lowest BCUT2D eigenvalue weighted by Gasteiger charge is -2.11. The Labute approximate surface area is 118 Å². The van der Waals surface area contributed by atoms with Gasteiger partial charge in [0.15, 0.2) is 0 Å². The van der Waals surface area contributed by atoms with Crippen molar-refractivity contribution >= 4 is 11.7 Å². The van der Waals surface area contributed by atoms with Crippen LogP contribution in [0.2, 0.25) is 0 Å². The molecule has 0 aliphatic heterocycles. The van der Waals surface area contributed by atoms with Crippen molar-refractivity contribution in [2.75, 3.05) is 0 Å². The first-order valence-electron chi connectivity index (χ1n) is 5.85. The summed E-state index contributed by atoms with van der Waals surface area (Å²) in [5, 5.41) is 20.0. The van der Waals surface area contributed by atoms with Gasteiger partial charge in [0.25, 0.3) is 0 Å².